The van der Waals surface area contributed by atoms with Crippen molar-refractivity contribution in [3.05, 3.63) is 21.9 Å². The number of nitrogens with zero attached hydrogens (tertiary/aromatic N) is 1. The Labute approximate surface area is 129 Å². The van der Waals surface area contributed by atoms with Crippen molar-refractivity contribution in [2.45, 2.75) is 52.0 Å². The Kier molecular flexibility index (Phi) is 5.22. The van der Waals surface area contributed by atoms with E-state index < -0.39 is 5.41 Å². The van der Waals surface area contributed by atoms with Crippen LogP contribution in [0.5, 0.6) is 0 Å². The first kappa shape index (κ1) is 15.8. The zero-order chi connectivity index (χ0) is 15.3. The largest absolute Gasteiger partial charge is 0.409 e. The van der Waals surface area contributed by atoms with Crippen molar-refractivity contribution in [2.75, 3.05) is 0 Å². The Balaban J connectivity index is 2.05. The average Bonchev–Trinajstić information content (AvgIpc) is 3.00. The molecule has 1 heterocycles. The van der Waals surface area contributed by atoms with E-state index in [0.29, 0.717) is 19.4 Å². The number of nitrogens with two attached hydrogens (primary N) is 1. The molecule has 4 N–H and O–H groups in total. The molecule has 5 nitrogen and oxygen atoms in total. The first-order chi connectivity index (χ1) is 10.1. The fraction of sp³-hybridized carbons (Fsp3) is 0.600. The van der Waals surface area contributed by atoms with Crippen molar-refractivity contribution in [1.82, 2.24) is 5.32 Å². The second-order valence-corrected chi connectivity index (χ2v) is 6.79. The Morgan fingerprint density at radius 1 is 1.38 bits per heavy atom. The number of carbonyl (C=O) groups excluding carboxylic acids is 1. The van der Waals surface area contributed by atoms with Gasteiger partial charge < -0.3 is 16.3 Å². The van der Waals surface area contributed by atoms with Crippen LogP contribution in [0.25, 0.3) is 0 Å². The zero-order valence-electron chi connectivity index (χ0n) is 12.4. The van der Waals surface area contributed by atoms with Crippen LogP contribution in [-0.2, 0) is 17.8 Å². The van der Waals surface area contributed by atoms with E-state index in [1.165, 1.54) is 4.88 Å². The highest BCUT2D eigenvalue weighted by Crippen LogP contribution is 2.37. The van der Waals surface area contributed by atoms with E-state index in [0.717, 1.165) is 30.6 Å². The summed E-state index contributed by atoms with van der Waals surface area (Å²) in [5, 5.41) is 15.1. The highest BCUT2D eigenvalue weighted by molar-refractivity contribution is 7.11. The predicted molar refractivity (Wildman–Crippen MR) is 84.5 cm³/mol. The van der Waals surface area contributed by atoms with Gasteiger partial charge in [-0.05, 0) is 31.4 Å². The quantitative estimate of drug-likeness (QED) is 0.338. The van der Waals surface area contributed by atoms with Gasteiger partial charge in [-0.1, -0.05) is 31.3 Å². The molecule has 0 bridgehead atoms. The summed E-state index contributed by atoms with van der Waals surface area (Å²) in [7, 11) is 0. The molecule has 21 heavy (non-hydrogen) atoms. The van der Waals surface area contributed by atoms with E-state index in [4.69, 9.17) is 10.9 Å². The number of oxime groups is 1. The first-order valence-corrected chi connectivity index (χ1v) is 8.28. The molecule has 1 aromatic heterocycles. The molecule has 1 aliphatic carbocycles. The Morgan fingerprint density at radius 3 is 2.62 bits per heavy atom. The lowest BCUT2D eigenvalue weighted by atomic mass is 9.72. The van der Waals surface area contributed by atoms with Gasteiger partial charge in [-0.15, -0.1) is 11.3 Å². The number of amides is 1. The standard InChI is InChI=1S/C15H23N3O2S/c1-2-11-6-7-12(21-11)10-17-14(19)15(13(16)18-20)8-4-3-5-9-15/h6-7,20H,2-5,8-10H2,1H3,(H2,16,18)(H,17,19). The van der Waals surface area contributed by atoms with Crippen LogP contribution in [0.15, 0.2) is 17.3 Å². The number of hydrogen-bond donors (Lipinski definition) is 3. The molecule has 1 aliphatic rings. The molecule has 0 aliphatic heterocycles. The number of aryl methyl sites for hydroxylation is 1. The SMILES string of the molecule is CCc1ccc(CNC(=O)C2(/C(N)=N/O)CCCCC2)s1. The molecule has 0 aromatic carbocycles. The minimum atomic E-state index is -0.835. The number of amidine groups is 1. The summed E-state index contributed by atoms with van der Waals surface area (Å²) < 4.78 is 0. The third kappa shape index (κ3) is 3.37. The lowest BCUT2D eigenvalue weighted by Crippen LogP contribution is -2.50. The summed E-state index contributed by atoms with van der Waals surface area (Å²) in [6.07, 6.45) is 5.27. The third-order valence-corrected chi connectivity index (χ3v) is 5.46. The molecule has 6 heteroatoms. The summed E-state index contributed by atoms with van der Waals surface area (Å²) in [4.78, 5) is 15.0. The zero-order valence-corrected chi connectivity index (χ0v) is 13.2. The van der Waals surface area contributed by atoms with Crippen LogP contribution in [0.2, 0.25) is 0 Å². The van der Waals surface area contributed by atoms with Crippen LogP contribution < -0.4 is 11.1 Å². The van der Waals surface area contributed by atoms with Gasteiger partial charge in [-0.2, -0.15) is 0 Å². The monoisotopic (exact) mass is 309 g/mol. The highest BCUT2D eigenvalue weighted by Gasteiger charge is 2.43. The van der Waals surface area contributed by atoms with Gasteiger partial charge in [0.05, 0.1) is 6.54 Å². The molecule has 116 valence electrons. The molecule has 1 aromatic rings. The molecule has 0 spiro atoms. The fourth-order valence-electron chi connectivity index (χ4n) is 2.89. The van der Waals surface area contributed by atoms with Crippen LogP contribution in [0.4, 0.5) is 0 Å². The number of rotatable bonds is 5. The fourth-order valence-corrected chi connectivity index (χ4v) is 3.79. The summed E-state index contributed by atoms with van der Waals surface area (Å²) in [5.74, 6) is -0.0796. The average molecular weight is 309 g/mol. The summed E-state index contributed by atoms with van der Waals surface area (Å²) in [5.41, 5.74) is 4.98. The summed E-state index contributed by atoms with van der Waals surface area (Å²) in [6, 6.07) is 4.13. The Hall–Kier alpha value is -1.56. The molecule has 1 amide bonds. The van der Waals surface area contributed by atoms with Crippen molar-refractivity contribution in [2.24, 2.45) is 16.3 Å². The van der Waals surface area contributed by atoms with Crippen LogP contribution >= 0.6 is 11.3 Å². The molecular weight excluding hydrogens is 286 g/mol. The molecule has 1 saturated carbocycles. The van der Waals surface area contributed by atoms with Crippen LogP contribution in [0, 0.1) is 5.41 Å². The smallest absolute Gasteiger partial charge is 0.234 e. The molecule has 0 saturated heterocycles. The molecule has 0 atom stereocenters. The number of thiophene rings is 1. The van der Waals surface area contributed by atoms with Gasteiger partial charge >= 0.3 is 0 Å². The second-order valence-electron chi connectivity index (χ2n) is 5.53. The minimum Gasteiger partial charge on any atom is -0.409 e. The predicted octanol–water partition coefficient (Wildman–Crippen LogP) is 2.62. The van der Waals surface area contributed by atoms with E-state index in [1.807, 2.05) is 6.07 Å². The molecule has 1 fully saturated rings. The van der Waals surface area contributed by atoms with Gasteiger partial charge in [0.25, 0.3) is 0 Å². The van der Waals surface area contributed by atoms with Gasteiger partial charge in [-0.25, -0.2) is 0 Å². The minimum absolute atomic E-state index is 0.0418. The summed E-state index contributed by atoms with van der Waals surface area (Å²) >= 11 is 1.71. The molecular formula is C15H23N3O2S. The third-order valence-electron chi connectivity index (χ3n) is 4.23. The van der Waals surface area contributed by atoms with Gasteiger partial charge in [0.15, 0.2) is 5.84 Å². The van der Waals surface area contributed by atoms with Crippen molar-refractivity contribution in [3.63, 3.8) is 0 Å². The van der Waals surface area contributed by atoms with Gasteiger partial charge in [0.1, 0.15) is 5.41 Å². The molecule has 0 unspecified atom stereocenters. The maximum Gasteiger partial charge on any atom is 0.234 e. The van der Waals surface area contributed by atoms with Crippen molar-refractivity contribution < 1.29 is 10.0 Å². The lowest BCUT2D eigenvalue weighted by Gasteiger charge is -2.34. The van der Waals surface area contributed by atoms with E-state index in [9.17, 15) is 4.79 Å². The maximum atomic E-state index is 12.6. The Bertz CT molecular complexity index is 519. The van der Waals surface area contributed by atoms with Gasteiger partial charge in [0, 0.05) is 9.75 Å². The Morgan fingerprint density at radius 2 is 2.05 bits per heavy atom. The number of hydrogen-bond acceptors (Lipinski definition) is 4. The van der Waals surface area contributed by atoms with Crippen LogP contribution in [-0.4, -0.2) is 17.0 Å². The van der Waals surface area contributed by atoms with Crippen molar-refractivity contribution in [1.29, 1.82) is 0 Å². The maximum absolute atomic E-state index is 12.6. The summed E-state index contributed by atoms with van der Waals surface area (Å²) in [6.45, 7) is 2.62. The number of nitrogens with one attached hydrogen (secondary N) is 1. The van der Waals surface area contributed by atoms with E-state index >= 15 is 0 Å². The lowest BCUT2D eigenvalue weighted by molar-refractivity contribution is -0.129. The normalized spacial score (nSPS) is 18.4. The van der Waals surface area contributed by atoms with Crippen LogP contribution in [0.3, 0.4) is 0 Å². The van der Waals surface area contributed by atoms with Gasteiger partial charge in [-0.3, -0.25) is 4.79 Å². The van der Waals surface area contributed by atoms with Crippen molar-refractivity contribution in [3.8, 4) is 0 Å². The highest BCUT2D eigenvalue weighted by atomic mass is 32.1. The first-order valence-electron chi connectivity index (χ1n) is 7.46. The topological polar surface area (TPSA) is 87.7 Å². The van der Waals surface area contributed by atoms with E-state index in [-0.39, 0.29) is 11.7 Å². The van der Waals surface area contributed by atoms with E-state index in [2.05, 4.69) is 23.5 Å². The second kappa shape index (κ2) is 6.93. The van der Waals surface area contributed by atoms with E-state index in [1.54, 1.807) is 11.3 Å². The van der Waals surface area contributed by atoms with Gasteiger partial charge in [0.2, 0.25) is 5.91 Å². The molecule has 2 rings (SSSR count). The number of carbonyl (C=O) groups is 1. The van der Waals surface area contributed by atoms with Crippen LogP contribution in [0.1, 0.15) is 48.8 Å². The van der Waals surface area contributed by atoms with Crippen molar-refractivity contribution >= 4 is 23.1 Å². The molecule has 0 radical (unpaired) electrons.